The zero-order valence-electron chi connectivity index (χ0n) is 14.1. The Morgan fingerprint density at radius 2 is 1.76 bits per heavy atom. The summed E-state index contributed by atoms with van der Waals surface area (Å²) in [6.07, 6.45) is 27.2. The number of rotatable bonds is 0. The standard InChI is InChI=1S/C25H20/c1-2-9-21-17(5-1)10-11-18-14-16-25-15-4-8-19-6-3-7-20(24(19)25)12-13-22(25)23(18)21/h1-10,12-16,18,22,24H,11H2. The predicted octanol–water partition coefficient (Wildman–Crippen LogP) is 3.99. The molecule has 5 aliphatic rings. The molecule has 0 aromatic heterocycles. The fourth-order valence-corrected chi connectivity index (χ4v) is 5.63. The number of hydrogen-bond donors (Lipinski definition) is 0. The second-order valence-corrected chi connectivity index (χ2v) is 7.77. The van der Waals surface area contributed by atoms with Crippen LogP contribution in [-0.4, -0.2) is 0 Å². The molecule has 25 heavy (non-hydrogen) atoms. The maximum absolute atomic E-state index is 2.53. The number of fused-ring (bicyclic) bond motifs is 3. The highest BCUT2D eigenvalue weighted by Gasteiger charge is 2.50. The molecule has 0 aliphatic heterocycles. The number of hydrogen-bond acceptors (Lipinski definition) is 0. The molecule has 0 nitrogen and oxygen atoms in total. The summed E-state index contributed by atoms with van der Waals surface area (Å²) in [7, 11) is 0. The zero-order valence-corrected chi connectivity index (χ0v) is 14.1. The molecule has 0 saturated heterocycles. The Morgan fingerprint density at radius 3 is 2.76 bits per heavy atom. The maximum Gasteiger partial charge on any atom is 0.0275 e. The van der Waals surface area contributed by atoms with E-state index in [9.17, 15) is 0 Å². The molecule has 0 bridgehead atoms. The Labute approximate surface area is 148 Å². The lowest BCUT2D eigenvalue weighted by Gasteiger charge is -2.52. The van der Waals surface area contributed by atoms with Crippen LogP contribution in [0.4, 0.5) is 0 Å². The first-order valence-electron chi connectivity index (χ1n) is 9.31. The van der Waals surface area contributed by atoms with Crippen LogP contribution in [0, 0.1) is 23.2 Å². The van der Waals surface area contributed by atoms with Crippen molar-refractivity contribution in [1.82, 2.24) is 0 Å². The molecule has 0 heterocycles. The lowest BCUT2D eigenvalue weighted by molar-refractivity contribution is 0.305. The second-order valence-electron chi connectivity index (χ2n) is 7.77. The van der Waals surface area contributed by atoms with Crippen LogP contribution < -0.4 is 10.4 Å². The summed E-state index contributed by atoms with van der Waals surface area (Å²) in [4.78, 5) is 0. The molecule has 0 fully saturated rings. The predicted molar refractivity (Wildman–Crippen MR) is 104 cm³/mol. The van der Waals surface area contributed by atoms with Crippen molar-refractivity contribution >= 4 is 11.6 Å². The van der Waals surface area contributed by atoms with Crippen molar-refractivity contribution in [2.75, 3.05) is 0 Å². The van der Waals surface area contributed by atoms with Crippen LogP contribution in [0.5, 0.6) is 0 Å². The maximum atomic E-state index is 2.53. The fraction of sp³-hybridized carbons (Fsp3) is 0.200. The number of benzene rings is 1. The number of allylic oxidation sites excluding steroid dienone is 12. The van der Waals surface area contributed by atoms with Gasteiger partial charge in [0.1, 0.15) is 0 Å². The summed E-state index contributed by atoms with van der Waals surface area (Å²) in [5, 5.41) is 2.87. The van der Waals surface area contributed by atoms with Crippen LogP contribution in [0.15, 0.2) is 96.2 Å². The van der Waals surface area contributed by atoms with Gasteiger partial charge >= 0.3 is 0 Å². The molecular formula is C25H20. The SMILES string of the molecule is C1=CC2=CC=CC34C=CC5CC=c6ccccc6=C5C3C=CC(=C1)C24. The smallest absolute Gasteiger partial charge is 0.0275 e. The van der Waals surface area contributed by atoms with Crippen molar-refractivity contribution in [1.29, 1.82) is 0 Å². The minimum absolute atomic E-state index is 0.0612. The van der Waals surface area contributed by atoms with Crippen molar-refractivity contribution in [2.24, 2.45) is 23.2 Å². The first kappa shape index (κ1) is 13.7. The van der Waals surface area contributed by atoms with E-state index in [0.717, 1.165) is 6.42 Å². The zero-order chi connectivity index (χ0) is 16.4. The van der Waals surface area contributed by atoms with Crippen molar-refractivity contribution in [3.05, 3.63) is 107 Å². The van der Waals surface area contributed by atoms with E-state index in [0.29, 0.717) is 17.8 Å². The third-order valence-corrected chi connectivity index (χ3v) is 6.65. The highest BCUT2D eigenvalue weighted by atomic mass is 14.5. The van der Waals surface area contributed by atoms with Crippen LogP contribution in [-0.2, 0) is 0 Å². The minimum Gasteiger partial charge on any atom is -0.0800 e. The molecule has 1 aromatic rings. The van der Waals surface area contributed by atoms with Crippen LogP contribution in [0.1, 0.15) is 6.42 Å². The molecule has 0 radical (unpaired) electrons. The average Bonchev–Trinajstić information content (AvgIpc) is 2.67. The Kier molecular flexibility index (Phi) is 2.58. The van der Waals surface area contributed by atoms with E-state index >= 15 is 0 Å². The fourth-order valence-electron chi connectivity index (χ4n) is 5.63. The highest BCUT2D eigenvalue weighted by Crippen LogP contribution is 2.58. The molecule has 0 N–H and O–H groups in total. The van der Waals surface area contributed by atoms with E-state index in [2.05, 4.69) is 91.1 Å². The first-order chi connectivity index (χ1) is 12.4. The summed E-state index contributed by atoms with van der Waals surface area (Å²) >= 11 is 0. The lowest BCUT2D eigenvalue weighted by Crippen LogP contribution is -2.47. The van der Waals surface area contributed by atoms with E-state index in [1.807, 2.05) is 0 Å². The summed E-state index contributed by atoms with van der Waals surface area (Å²) in [6, 6.07) is 8.95. The largest absolute Gasteiger partial charge is 0.0800 e. The van der Waals surface area contributed by atoms with E-state index in [1.54, 1.807) is 5.57 Å². The van der Waals surface area contributed by atoms with Gasteiger partial charge in [0.25, 0.3) is 0 Å². The van der Waals surface area contributed by atoms with Crippen molar-refractivity contribution < 1.29 is 0 Å². The highest BCUT2D eigenvalue weighted by molar-refractivity contribution is 5.68. The minimum atomic E-state index is 0.0612. The van der Waals surface area contributed by atoms with E-state index in [1.165, 1.54) is 21.6 Å². The molecule has 4 unspecified atom stereocenters. The van der Waals surface area contributed by atoms with Gasteiger partial charge < -0.3 is 0 Å². The van der Waals surface area contributed by atoms with Gasteiger partial charge in [0, 0.05) is 23.2 Å². The van der Waals surface area contributed by atoms with Crippen LogP contribution in [0.2, 0.25) is 0 Å². The molecule has 1 aromatic carbocycles. The molecule has 0 saturated carbocycles. The molecule has 6 rings (SSSR count). The summed E-state index contributed by atoms with van der Waals surface area (Å²) in [6.45, 7) is 0. The van der Waals surface area contributed by atoms with Gasteiger partial charge in [-0.05, 0) is 33.6 Å². The third kappa shape index (κ3) is 1.67. The molecule has 1 spiro atoms. The third-order valence-electron chi connectivity index (χ3n) is 6.65. The second kappa shape index (κ2) is 4.73. The van der Waals surface area contributed by atoms with Gasteiger partial charge in [0.05, 0.1) is 0 Å². The Balaban J connectivity index is 1.69. The summed E-state index contributed by atoms with van der Waals surface area (Å²) in [5.74, 6) is 1.45. The quantitative estimate of drug-likeness (QED) is 0.634. The van der Waals surface area contributed by atoms with Crippen molar-refractivity contribution in [2.45, 2.75) is 6.42 Å². The van der Waals surface area contributed by atoms with Gasteiger partial charge in [-0.1, -0.05) is 91.1 Å². The molecule has 4 atom stereocenters. The Bertz CT molecular complexity index is 1080. The van der Waals surface area contributed by atoms with E-state index in [4.69, 9.17) is 0 Å². The van der Waals surface area contributed by atoms with Crippen LogP contribution >= 0.6 is 0 Å². The van der Waals surface area contributed by atoms with Crippen molar-refractivity contribution in [3.63, 3.8) is 0 Å². The van der Waals surface area contributed by atoms with E-state index < -0.39 is 0 Å². The monoisotopic (exact) mass is 320 g/mol. The molecule has 5 aliphatic carbocycles. The van der Waals surface area contributed by atoms with E-state index in [-0.39, 0.29) is 5.41 Å². The van der Waals surface area contributed by atoms with Gasteiger partial charge in [-0.25, -0.2) is 0 Å². The van der Waals surface area contributed by atoms with Gasteiger partial charge in [0.2, 0.25) is 0 Å². The van der Waals surface area contributed by atoms with Gasteiger partial charge in [-0.15, -0.1) is 0 Å². The topological polar surface area (TPSA) is 0 Å². The molecule has 0 heteroatoms. The van der Waals surface area contributed by atoms with Crippen LogP contribution in [0.25, 0.3) is 11.6 Å². The van der Waals surface area contributed by atoms with Crippen LogP contribution in [0.3, 0.4) is 0 Å². The molecule has 120 valence electrons. The van der Waals surface area contributed by atoms with Gasteiger partial charge in [-0.3, -0.25) is 0 Å². The summed E-state index contributed by atoms with van der Waals surface area (Å²) in [5.41, 5.74) is 4.59. The molecular weight excluding hydrogens is 300 g/mol. The first-order valence-corrected chi connectivity index (χ1v) is 9.31. The normalized spacial score (nSPS) is 35.7. The Hall–Kier alpha value is -2.60. The molecule has 0 amide bonds. The van der Waals surface area contributed by atoms with Gasteiger partial charge in [-0.2, -0.15) is 0 Å². The summed E-state index contributed by atoms with van der Waals surface area (Å²) < 4.78 is 0. The average molecular weight is 320 g/mol. The van der Waals surface area contributed by atoms with Crippen molar-refractivity contribution in [3.8, 4) is 0 Å². The lowest BCUT2D eigenvalue weighted by atomic mass is 9.51. The van der Waals surface area contributed by atoms with Gasteiger partial charge in [0.15, 0.2) is 0 Å². The Morgan fingerprint density at radius 1 is 0.880 bits per heavy atom.